The molecule has 1 N–H and O–H groups in total. The third kappa shape index (κ3) is 3.04. The summed E-state index contributed by atoms with van der Waals surface area (Å²) in [5.41, 5.74) is 0.983. The van der Waals surface area contributed by atoms with Crippen LogP contribution in [0.15, 0.2) is 40.7 Å². The summed E-state index contributed by atoms with van der Waals surface area (Å²) in [6.07, 6.45) is 2.20. The third-order valence-electron chi connectivity index (χ3n) is 2.66. The van der Waals surface area contributed by atoms with Crippen LogP contribution in [-0.2, 0) is 9.53 Å². The number of allylic oxidation sites excluding steroid dienone is 1. The Hall–Kier alpha value is -1.49. The van der Waals surface area contributed by atoms with Gasteiger partial charge in [-0.3, -0.25) is 4.79 Å². The number of anilines is 1. The number of halogens is 1. The van der Waals surface area contributed by atoms with E-state index < -0.39 is 5.97 Å². The van der Waals surface area contributed by atoms with Crippen LogP contribution >= 0.6 is 15.9 Å². The van der Waals surface area contributed by atoms with Crippen LogP contribution in [0.25, 0.3) is 0 Å². The van der Waals surface area contributed by atoms with Gasteiger partial charge in [0.15, 0.2) is 6.23 Å². The van der Waals surface area contributed by atoms with Crippen molar-refractivity contribution in [2.24, 2.45) is 0 Å². The average molecular weight is 312 g/mol. The van der Waals surface area contributed by atoms with Crippen molar-refractivity contribution < 1.29 is 14.6 Å². The molecular formula is C13H14BrNO3. The van der Waals surface area contributed by atoms with Crippen LogP contribution < -0.4 is 4.90 Å². The van der Waals surface area contributed by atoms with Crippen molar-refractivity contribution in [2.45, 2.75) is 26.0 Å². The van der Waals surface area contributed by atoms with Crippen LogP contribution in [0, 0.1) is 0 Å². The van der Waals surface area contributed by atoms with Gasteiger partial charge in [-0.15, -0.1) is 0 Å². The second-order valence-corrected chi connectivity index (χ2v) is 5.05. The van der Waals surface area contributed by atoms with Crippen molar-refractivity contribution in [3.8, 4) is 0 Å². The number of carbonyl (C=O) groups is 1. The van der Waals surface area contributed by atoms with Crippen molar-refractivity contribution in [3.63, 3.8) is 0 Å². The number of aliphatic carboxylic acids is 1. The Kier molecular flexibility index (Phi) is 3.91. The van der Waals surface area contributed by atoms with E-state index in [1.165, 1.54) is 0 Å². The van der Waals surface area contributed by atoms with Crippen LogP contribution in [0.4, 0.5) is 5.69 Å². The van der Waals surface area contributed by atoms with Gasteiger partial charge in [-0.2, -0.15) is 0 Å². The molecule has 18 heavy (non-hydrogen) atoms. The number of hydrogen-bond acceptors (Lipinski definition) is 3. The minimum atomic E-state index is -0.808. The first-order chi connectivity index (χ1) is 8.56. The molecule has 96 valence electrons. The molecule has 0 aliphatic carbocycles. The Morgan fingerprint density at radius 3 is 3.00 bits per heavy atom. The molecule has 0 radical (unpaired) electrons. The molecule has 2 rings (SSSR count). The van der Waals surface area contributed by atoms with Crippen LogP contribution in [0.5, 0.6) is 0 Å². The maximum Gasteiger partial charge on any atom is 0.303 e. The van der Waals surface area contributed by atoms with E-state index in [0.717, 1.165) is 15.9 Å². The normalized spacial score (nSPS) is 18.4. The van der Waals surface area contributed by atoms with E-state index in [2.05, 4.69) is 15.9 Å². The Morgan fingerprint density at radius 1 is 1.56 bits per heavy atom. The SMILES string of the molecule is CC1=CN(c2cccc(Br)c2)C(CCC(=O)O)O1. The molecule has 0 amide bonds. The molecule has 1 aromatic rings. The van der Waals surface area contributed by atoms with Gasteiger partial charge in [-0.25, -0.2) is 0 Å². The maximum absolute atomic E-state index is 10.6. The smallest absolute Gasteiger partial charge is 0.303 e. The van der Waals surface area contributed by atoms with E-state index in [-0.39, 0.29) is 12.6 Å². The first-order valence-electron chi connectivity index (χ1n) is 5.67. The Morgan fingerprint density at radius 2 is 2.33 bits per heavy atom. The summed E-state index contributed by atoms with van der Waals surface area (Å²) >= 11 is 3.42. The van der Waals surface area contributed by atoms with Gasteiger partial charge in [0.2, 0.25) is 0 Å². The minimum Gasteiger partial charge on any atom is -0.481 e. The Balaban J connectivity index is 2.15. The summed E-state index contributed by atoms with van der Waals surface area (Å²) in [5.74, 6) is -0.0114. The van der Waals surface area contributed by atoms with Gasteiger partial charge in [0, 0.05) is 22.8 Å². The molecule has 1 aliphatic heterocycles. The fourth-order valence-corrected chi connectivity index (χ4v) is 2.29. The van der Waals surface area contributed by atoms with Crippen molar-refractivity contribution in [1.82, 2.24) is 0 Å². The molecule has 5 heteroatoms. The molecule has 0 saturated carbocycles. The second-order valence-electron chi connectivity index (χ2n) is 4.13. The number of carboxylic acids is 1. The number of ether oxygens (including phenoxy) is 1. The van der Waals surface area contributed by atoms with Gasteiger partial charge < -0.3 is 14.7 Å². The summed E-state index contributed by atoms with van der Waals surface area (Å²) in [4.78, 5) is 12.6. The summed E-state index contributed by atoms with van der Waals surface area (Å²) in [6.45, 7) is 1.87. The van der Waals surface area contributed by atoms with Gasteiger partial charge >= 0.3 is 5.97 Å². The number of nitrogens with zero attached hydrogens (tertiary/aromatic N) is 1. The minimum absolute atomic E-state index is 0.0935. The number of hydrogen-bond donors (Lipinski definition) is 1. The summed E-state index contributed by atoms with van der Waals surface area (Å²) in [6, 6.07) is 7.83. The molecule has 1 atom stereocenters. The van der Waals surface area contributed by atoms with Gasteiger partial charge in [0.25, 0.3) is 0 Å². The van der Waals surface area contributed by atoms with Crippen LogP contribution in [0.3, 0.4) is 0 Å². The first kappa shape index (κ1) is 13.0. The van der Waals surface area contributed by atoms with E-state index >= 15 is 0 Å². The summed E-state index contributed by atoms with van der Waals surface area (Å²) in [7, 11) is 0. The average Bonchev–Trinajstić information content (AvgIpc) is 2.68. The zero-order valence-corrected chi connectivity index (χ0v) is 11.6. The highest BCUT2D eigenvalue weighted by molar-refractivity contribution is 9.10. The van der Waals surface area contributed by atoms with E-state index in [4.69, 9.17) is 9.84 Å². The molecule has 0 aromatic heterocycles. The molecule has 0 fully saturated rings. The van der Waals surface area contributed by atoms with Crippen molar-refractivity contribution >= 4 is 27.6 Å². The van der Waals surface area contributed by atoms with Crippen molar-refractivity contribution in [3.05, 3.63) is 40.7 Å². The first-order valence-corrected chi connectivity index (χ1v) is 6.46. The lowest BCUT2D eigenvalue weighted by atomic mass is 10.2. The quantitative estimate of drug-likeness (QED) is 0.926. The number of benzene rings is 1. The largest absolute Gasteiger partial charge is 0.481 e. The molecule has 1 heterocycles. The highest BCUT2D eigenvalue weighted by Gasteiger charge is 2.25. The lowest BCUT2D eigenvalue weighted by molar-refractivity contribution is -0.137. The highest BCUT2D eigenvalue weighted by atomic mass is 79.9. The number of rotatable bonds is 4. The lowest BCUT2D eigenvalue weighted by Gasteiger charge is -2.24. The molecule has 1 aliphatic rings. The predicted molar refractivity (Wildman–Crippen MR) is 72.1 cm³/mol. The standard InChI is InChI=1S/C13H14BrNO3/c1-9-8-15(11-4-2-3-10(14)7-11)12(18-9)5-6-13(16)17/h2-4,7-8,12H,5-6H2,1H3,(H,16,17). The molecule has 1 aromatic carbocycles. The second kappa shape index (κ2) is 5.44. The summed E-state index contributed by atoms with van der Waals surface area (Å²) in [5, 5.41) is 8.74. The van der Waals surface area contributed by atoms with Crippen LogP contribution in [-0.4, -0.2) is 17.3 Å². The molecule has 0 saturated heterocycles. The zero-order chi connectivity index (χ0) is 13.1. The van der Waals surface area contributed by atoms with Crippen LogP contribution in [0.2, 0.25) is 0 Å². The fourth-order valence-electron chi connectivity index (χ4n) is 1.90. The van der Waals surface area contributed by atoms with Gasteiger partial charge in [0.1, 0.15) is 5.76 Å². The van der Waals surface area contributed by atoms with Crippen LogP contribution in [0.1, 0.15) is 19.8 Å². The fraction of sp³-hybridized carbons (Fsp3) is 0.308. The Bertz CT molecular complexity index is 487. The van der Waals surface area contributed by atoms with Gasteiger partial charge in [-0.1, -0.05) is 22.0 Å². The maximum atomic E-state index is 10.6. The molecule has 4 nitrogen and oxygen atoms in total. The summed E-state index contributed by atoms with van der Waals surface area (Å²) < 4.78 is 6.61. The van der Waals surface area contributed by atoms with Crippen molar-refractivity contribution in [1.29, 1.82) is 0 Å². The lowest BCUT2D eigenvalue weighted by Crippen LogP contribution is -2.28. The topological polar surface area (TPSA) is 49.8 Å². The molecular weight excluding hydrogens is 298 g/mol. The van der Waals surface area contributed by atoms with E-state index in [1.54, 1.807) is 0 Å². The Labute approximate surface area is 114 Å². The number of carboxylic acid groups (broad SMARTS) is 1. The third-order valence-corrected chi connectivity index (χ3v) is 3.16. The zero-order valence-electron chi connectivity index (χ0n) is 9.97. The molecule has 1 unspecified atom stereocenters. The molecule has 0 bridgehead atoms. The van der Waals surface area contributed by atoms with E-state index in [0.29, 0.717) is 6.42 Å². The van der Waals surface area contributed by atoms with Crippen molar-refractivity contribution in [2.75, 3.05) is 4.90 Å². The predicted octanol–water partition coefficient (Wildman–Crippen LogP) is 3.34. The monoisotopic (exact) mass is 311 g/mol. The highest BCUT2D eigenvalue weighted by Crippen LogP contribution is 2.29. The van der Waals surface area contributed by atoms with Gasteiger partial charge in [0.05, 0.1) is 6.42 Å². The van der Waals surface area contributed by atoms with Gasteiger partial charge in [-0.05, 0) is 25.1 Å². The van der Waals surface area contributed by atoms with E-state index in [9.17, 15) is 4.79 Å². The molecule has 0 spiro atoms. The van der Waals surface area contributed by atoms with E-state index in [1.807, 2.05) is 42.3 Å².